The number of ether oxygens (including phenoxy) is 1. The van der Waals surface area contributed by atoms with Gasteiger partial charge in [-0.15, -0.1) is 0 Å². The van der Waals surface area contributed by atoms with Gasteiger partial charge in [-0.3, -0.25) is 14.4 Å². The number of hydrogen-bond donors (Lipinski definition) is 3. The van der Waals surface area contributed by atoms with Gasteiger partial charge in [0.05, 0.1) is 24.3 Å². The molecule has 1 aliphatic rings. The first-order valence-corrected chi connectivity index (χ1v) is 16.3. The molecule has 1 aromatic heterocycles. The monoisotopic (exact) mass is 658 g/mol. The molecule has 2 heterocycles. The normalized spacial score (nSPS) is 13.8. The summed E-state index contributed by atoms with van der Waals surface area (Å²) in [4.78, 5) is 50.0. The molecule has 0 bridgehead atoms. The summed E-state index contributed by atoms with van der Waals surface area (Å²) in [5.41, 5.74) is 2.60. The first-order chi connectivity index (χ1) is 23.3. The van der Waals surface area contributed by atoms with Crippen molar-refractivity contribution >= 4 is 46.8 Å². The second kappa shape index (κ2) is 15.4. The maximum absolute atomic E-state index is 13.1. The Hall–Kier alpha value is -5.74. The van der Waals surface area contributed by atoms with Crippen molar-refractivity contribution in [3.05, 3.63) is 94.6 Å². The number of hydrogen-bond acceptors (Lipinski definition) is 6. The highest BCUT2D eigenvalue weighted by Crippen LogP contribution is 2.43. The Balaban J connectivity index is 1.70. The van der Waals surface area contributed by atoms with Crippen LogP contribution in [0.1, 0.15) is 78.5 Å². The summed E-state index contributed by atoms with van der Waals surface area (Å²) in [5, 5.41) is 16.0. The Morgan fingerprint density at radius 2 is 1.61 bits per heavy atom. The number of amides is 2. The van der Waals surface area contributed by atoms with Gasteiger partial charge in [-0.2, -0.15) is 5.26 Å². The van der Waals surface area contributed by atoms with Crippen LogP contribution in [0.25, 0.3) is 27.6 Å². The lowest BCUT2D eigenvalue weighted by atomic mass is 9.91. The number of rotatable bonds is 11. The molecular weight excluding hydrogens is 616 g/mol. The second-order valence-electron chi connectivity index (χ2n) is 13.4. The fourth-order valence-corrected chi connectivity index (χ4v) is 4.92. The van der Waals surface area contributed by atoms with E-state index >= 15 is 0 Å². The van der Waals surface area contributed by atoms with E-state index in [2.05, 4.69) is 26.5 Å². The molecule has 0 spiro atoms. The van der Waals surface area contributed by atoms with Crippen LogP contribution >= 0.6 is 0 Å². The number of nitriles is 1. The van der Waals surface area contributed by atoms with Gasteiger partial charge in [-0.1, -0.05) is 88.4 Å². The highest BCUT2D eigenvalue weighted by atomic mass is 16.5. The second-order valence-corrected chi connectivity index (χ2v) is 13.4. The van der Waals surface area contributed by atoms with E-state index < -0.39 is 10.8 Å². The number of H-pyrrole nitrogens is 1. The lowest BCUT2D eigenvalue weighted by molar-refractivity contribution is -0.154. The number of aromatic nitrogens is 1. The van der Waals surface area contributed by atoms with Crippen molar-refractivity contribution in [3.63, 3.8) is 0 Å². The minimum atomic E-state index is -0.726. The first kappa shape index (κ1) is 36.1. The number of nitrogens with zero attached hydrogens (tertiary/aromatic N) is 3. The maximum Gasteiger partial charge on any atom is 0.311 e. The van der Waals surface area contributed by atoms with Crippen molar-refractivity contribution in [3.8, 4) is 17.2 Å². The van der Waals surface area contributed by atoms with E-state index in [9.17, 15) is 19.6 Å². The van der Waals surface area contributed by atoms with E-state index in [-0.39, 0.29) is 53.7 Å². The lowest BCUT2D eigenvalue weighted by Gasteiger charge is -2.20. The highest BCUT2D eigenvalue weighted by molar-refractivity contribution is 6.21. The predicted octanol–water partition coefficient (Wildman–Crippen LogP) is 8.21. The third-order valence-corrected chi connectivity index (χ3v) is 8.25. The van der Waals surface area contributed by atoms with Crippen LogP contribution in [0.3, 0.4) is 0 Å². The van der Waals surface area contributed by atoms with Gasteiger partial charge in [-0.25, -0.2) is 9.84 Å². The number of carbonyl (C=O) groups is 3. The Labute approximate surface area is 287 Å². The molecule has 1 aliphatic heterocycles. The van der Waals surface area contributed by atoms with Gasteiger partial charge in [0, 0.05) is 28.7 Å². The molecule has 0 saturated carbocycles. The molecule has 4 rings (SSSR count). The molecule has 252 valence electrons. The molecule has 2 aromatic carbocycles. The zero-order valence-electron chi connectivity index (χ0n) is 28.9. The number of anilines is 1. The van der Waals surface area contributed by atoms with Crippen molar-refractivity contribution in [2.75, 3.05) is 11.9 Å². The van der Waals surface area contributed by atoms with Crippen molar-refractivity contribution in [2.45, 2.75) is 67.2 Å². The molecule has 3 N–H and O–H groups in total. The molecule has 49 heavy (non-hydrogen) atoms. The van der Waals surface area contributed by atoms with Crippen LogP contribution in [0, 0.1) is 28.7 Å². The number of allylic oxidation sites excluding steroid dienone is 1. The van der Waals surface area contributed by atoms with Gasteiger partial charge < -0.3 is 20.4 Å². The summed E-state index contributed by atoms with van der Waals surface area (Å²) < 4.78 is 5.39. The standard InChI is InChI=1S/C39H42N6O4/c1-8-39(5,6)37(48)49-22-16-15-21-30(46)44-35-33(41-7)32(26-19-13-10-14-20-26)29(43-35)23-28-31(25-17-11-9-12-18-25)27(24-40)34(42-28)45-36(47)38(2,3)4/h9-14,17-20,23,43H,8,15-16,21-22H2,1-6H3,(H,44,46)(H,42,45,47). The van der Waals surface area contributed by atoms with Crippen molar-refractivity contribution < 1.29 is 19.1 Å². The first-order valence-electron chi connectivity index (χ1n) is 16.3. The summed E-state index contributed by atoms with van der Waals surface area (Å²) in [6.07, 6.45) is 3.57. The van der Waals surface area contributed by atoms with Crippen molar-refractivity contribution in [1.29, 1.82) is 5.26 Å². The smallest absolute Gasteiger partial charge is 0.311 e. The summed E-state index contributed by atoms with van der Waals surface area (Å²) in [7, 11) is 0. The summed E-state index contributed by atoms with van der Waals surface area (Å²) in [6, 6.07) is 20.8. The van der Waals surface area contributed by atoms with Crippen LogP contribution in [-0.4, -0.2) is 35.2 Å². The Bertz CT molecular complexity index is 1900. The van der Waals surface area contributed by atoms with Gasteiger partial charge in [0.1, 0.15) is 17.5 Å². The van der Waals surface area contributed by atoms with Crippen molar-refractivity contribution in [2.24, 2.45) is 15.8 Å². The number of benzene rings is 2. The van der Waals surface area contributed by atoms with Gasteiger partial charge in [0.25, 0.3) is 0 Å². The van der Waals surface area contributed by atoms with Gasteiger partial charge in [-0.05, 0) is 50.3 Å². The fraction of sp³-hybridized carbons (Fsp3) is 0.333. The number of aliphatic imine (C=N–C) groups is 1. The molecule has 0 aliphatic carbocycles. The molecule has 10 nitrogen and oxygen atoms in total. The minimum Gasteiger partial charge on any atom is -0.465 e. The summed E-state index contributed by atoms with van der Waals surface area (Å²) in [6.45, 7) is 19.2. The van der Waals surface area contributed by atoms with E-state index in [1.54, 1.807) is 26.8 Å². The van der Waals surface area contributed by atoms with Crippen LogP contribution in [0.5, 0.6) is 0 Å². The van der Waals surface area contributed by atoms with E-state index in [4.69, 9.17) is 16.3 Å². The summed E-state index contributed by atoms with van der Waals surface area (Å²) >= 11 is 0. The molecular formula is C39H42N6O4. The quantitative estimate of drug-likeness (QED) is 0.108. The van der Waals surface area contributed by atoms with E-state index in [0.717, 1.165) is 11.1 Å². The average Bonchev–Trinajstić information content (AvgIpc) is 3.60. The fourth-order valence-electron chi connectivity index (χ4n) is 4.92. The molecule has 3 aromatic rings. The average molecular weight is 659 g/mol. The van der Waals surface area contributed by atoms with Crippen molar-refractivity contribution in [1.82, 2.24) is 10.3 Å². The lowest BCUT2D eigenvalue weighted by Crippen LogP contribution is -2.39. The largest absolute Gasteiger partial charge is 0.465 e. The van der Waals surface area contributed by atoms with Crippen LogP contribution in [0.15, 0.2) is 76.9 Å². The molecule has 0 unspecified atom stereocenters. The summed E-state index contributed by atoms with van der Waals surface area (Å²) in [5.74, 6) is -0.474. The third-order valence-electron chi connectivity index (χ3n) is 8.25. The molecule has 0 fully saturated rings. The SMILES string of the molecule is [C-]#[N+]c1c(NC(=O)CCCCOC(=O)C(C)(C)CC)[nH]c(C=C2N=C(NC(=O)C(C)(C)C)C(C#N)=C2c2ccccc2)c1-c1ccccc1. The Morgan fingerprint density at radius 1 is 0.980 bits per heavy atom. The Kier molecular flexibility index (Phi) is 11.4. The number of carbonyl (C=O) groups excluding carboxylic acids is 3. The van der Waals surface area contributed by atoms with E-state index in [1.807, 2.05) is 81.4 Å². The topological polar surface area (TPSA) is 141 Å². The number of esters is 1. The number of aromatic amines is 1. The minimum absolute atomic E-state index is 0.142. The maximum atomic E-state index is 13.1. The molecule has 10 heteroatoms. The van der Waals surface area contributed by atoms with E-state index in [1.165, 1.54) is 0 Å². The zero-order chi connectivity index (χ0) is 35.8. The molecule has 0 atom stereocenters. The third kappa shape index (κ3) is 8.60. The zero-order valence-corrected chi connectivity index (χ0v) is 28.9. The number of amidine groups is 1. The molecule has 0 saturated heterocycles. The Morgan fingerprint density at radius 3 is 2.18 bits per heavy atom. The molecule has 0 radical (unpaired) electrons. The van der Waals surface area contributed by atoms with Crippen LogP contribution < -0.4 is 10.6 Å². The van der Waals surface area contributed by atoms with Gasteiger partial charge in [0.2, 0.25) is 17.5 Å². The van der Waals surface area contributed by atoms with Crippen LogP contribution in [0.4, 0.5) is 11.5 Å². The highest BCUT2D eigenvalue weighted by Gasteiger charge is 2.31. The van der Waals surface area contributed by atoms with Gasteiger partial charge in [0.15, 0.2) is 5.84 Å². The van der Waals surface area contributed by atoms with Gasteiger partial charge >= 0.3 is 5.97 Å². The molecule has 2 amide bonds. The van der Waals surface area contributed by atoms with E-state index in [0.29, 0.717) is 41.8 Å². The predicted molar refractivity (Wildman–Crippen MR) is 192 cm³/mol. The number of nitrogens with one attached hydrogen (secondary N) is 3. The van der Waals surface area contributed by atoms with Crippen LogP contribution in [-0.2, 0) is 19.1 Å². The van der Waals surface area contributed by atoms with Crippen LogP contribution in [0.2, 0.25) is 0 Å². The number of unbranched alkanes of at least 4 members (excludes halogenated alkanes) is 1.